The molecule has 0 aliphatic carbocycles. The molecule has 2 heterocycles. The molecule has 0 amide bonds. The first-order chi connectivity index (χ1) is 6.24. The molecule has 2 aliphatic heterocycles. The van der Waals surface area contributed by atoms with E-state index in [0.29, 0.717) is 0 Å². The highest BCUT2D eigenvalue weighted by Gasteiger charge is 2.46. The van der Waals surface area contributed by atoms with Gasteiger partial charge >= 0.3 is 0 Å². The Morgan fingerprint density at radius 3 is 2.69 bits per heavy atom. The fourth-order valence-electron chi connectivity index (χ4n) is 3.32. The molecule has 2 nitrogen and oxygen atoms in total. The van der Waals surface area contributed by atoms with Crippen LogP contribution in [0.5, 0.6) is 0 Å². The Bertz CT molecular complexity index is 179. The van der Waals surface area contributed by atoms with Crippen molar-refractivity contribution in [3.05, 3.63) is 0 Å². The van der Waals surface area contributed by atoms with Crippen molar-refractivity contribution in [1.29, 1.82) is 0 Å². The van der Waals surface area contributed by atoms with Crippen LogP contribution in [0.2, 0.25) is 0 Å². The van der Waals surface area contributed by atoms with Crippen molar-refractivity contribution in [3.63, 3.8) is 0 Å². The summed E-state index contributed by atoms with van der Waals surface area (Å²) in [6, 6.07) is 3.24. The first kappa shape index (κ1) is 9.47. The summed E-state index contributed by atoms with van der Waals surface area (Å²) < 4.78 is 0. The molecule has 76 valence electrons. The summed E-state index contributed by atoms with van der Waals surface area (Å²) >= 11 is 0. The molecule has 2 rings (SSSR count). The largest absolute Gasteiger partial charge is 0.313 e. The second kappa shape index (κ2) is 3.58. The van der Waals surface area contributed by atoms with Crippen LogP contribution in [0.15, 0.2) is 0 Å². The molecular weight excluding hydrogens is 160 g/mol. The molecule has 2 heteroatoms. The SMILES string of the molecule is CCN[C@@H]1C[C@@H]2CCC1N2C(C)C. The molecule has 0 aromatic rings. The van der Waals surface area contributed by atoms with Gasteiger partial charge in [0.25, 0.3) is 0 Å². The van der Waals surface area contributed by atoms with E-state index >= 15 is 0 Å². The van der Waals surface area contributed by atoms with E-state index in [2.05, 4.69) is 31.0 Å². The van der Waals surface area contributed by atoms with Crippen LogP contribution in [0.3, 0.4) is 0 Å². The predicted octanol–water partition coefficient (Wildman–Crippen LogP) is 1.61. The first-order valence-electron chi connectivity index (χ1n) is 5.74. The van der Waals surface area contributed by atoms with Gasteiger partial charge < -0.3 is 5.32 Å². The molecule has 13 heavy (non-hydrogen) atoms. The van der Waals surface area contributed by atoms with Gasteiger partial charge in [0, 0.05) is 24.2 Å². The second-order valence-corrected chi connectivity index (χ2v) is 4.74. The molecule has 0 radical (unpaired) electrons. The zero-order chi connectivity index (χ0) is 9.42. The maximum atomic E-state index is 3.62. The summed E-state index contributed by atoms with van der Waals surface area (Å²) in [7, 11) is 0. The predicted molar refractivity (Wildman–Crippen MR) is 55.9 cm³/mol. The molecule has 3 atom stereocenters. The molecule has 2 fully saturated rings. The van der Waals surface area contributed by atoms with Gasteiger partial charge in [-0.25, -0.2) is 0 Å². The van der Waals surface area contributed by atoms with Gasteiger partial charge in [-0.3, -0.25) is 4.90 Å². The number of hydrogen-bond donors (Lipinski definition) is 1. The summed E-state index contributed by atoms with van der Waals surface area (Å²) in [5.41, 5.74) is 0. The third-order valence-electron chi connectivity index (χ3n) is 3.65. The Morgan fingerprint density at radius 2 is 2.15 bits per heavy atom. The van der Waals surface area contributed by atoms with E-state index in [0.717, 1.165) is 30.7 Å². The van der Waals surface area contributed by atoms with Gasteiger partial charge in [0.05, 0.1) is 0 Å². The number of likely N-dealkylation sites (N-methyl/N-ethyl adjacent to an activating group) is 1. The van der Waals surface area contributed by atoms with Gasteiger partial charge in [-0.2, -0.15) is 0 Å². The molecule has 0 aromatic carbocycles. The molecule has 1 N–H and O–H groups in total. The number of hydrogen-bond acceptors (Lipinski definition) is 2. The van der Waals surface area contributed by atoms with Crippen molar-refractivity contribution in [2.75, 3.05) is 6.54 Å². The number of nitrogens with one attached hydrogen (secondary N) is 1. The Hall–Kier alpha value is -0.0800. The molecule has 0 saturated carbocycles. The van der Waals surface area contributed by atoms with Crippen molar-refractivity contribution >= 4 is 0 Å². The van der Waals surface area contributed by atoms with Gasteiger partial charge in [-0.05, 0) is 39.7 Å². The minimum atomic E-state index is 0.737. The number of rotatable bonds is 3. The molecule has 2 aliphatic rings. The fraction of sp³-hybridized carbons (Fsp3) is 1.00. The normalized spacial score (nSPS) is 39.2. The highest BCUT2D eigenvalue weighted by molar-refractivity contribution is 5.04. The molecule has 0 spiro atoms. The lowest BCUT2D eigenvalue weighted by Gasteiger charge is -2.27. The lowest BCUT2D eigenvalue weighted by molar-refractivity contribution is 0.193. The van der Waals surface area contributed by atoms with Crippen LogP contribution in [-0.4, -0.2) is 35.6 Å². The van der Waals surface area contributed by atoms with E-state index in [1.807, 2.05) is 0 Å². The van der Waals surface area contributed by atoms with E-state index in [1.165, 1.54) is 19.3 Å². The summed E-state index contributed by atoms with van der Waals surface area (Å²) in [5.74, 6) is 0. The highest BCUT2D eigenvalue weighted by Crippen LogP contribution is 2.38. The standard InChI is InChI=1S/C11H22N2/c1-4-12-10-7-9-5-6-11(10)13(9)8(2)3/h8-12H,4-7H2,1-3H3/t9-,10+,11?/m0/s1. The minimum Gasteiger partial charge on any atom is -0.313 e. The van der Waals surface area contributed by atoms with Crippen molar-refractivity contribution < 1.29 is 0 Å². The molecular formula is C11H22N2. The molecule has 0 aromatic heterocycles. The third-order valence-corrected chi connectivity index (χ3v) is 3.65. The molecule has 1 unspecified atom stereocenters. The van der Waals surface area contributed by atoms with Gasteiger partial charge in [-0.1, -0.05) is 6.92 Å². The van der Waals surface area contributed by atoms with Gasteiger partial charge in [0.2, 0.25) is 0 Å². The first-order valence-corrected chi connectivity index (χ1v) is 5.74. The third kappa shape index (κ3) is 1.50. The second-order valence-electron chi connectivity index (χ2n) is 4.74. The van der Waals surface area contributed by atoms with Crippen molar-refractivity contribution in [2.45, 2.75) is 64.2 Å². The Kier molecular flexibility index (Phi) is 2.61. The molecule has 2 saturated heterocycles. The van der Waals surface area contributed by atoms with Crippen molar-refractivity contribution in [1.82, 2.24) is 10.2 Å². The topological polar surface area (TPSA) is 15.3 Å². The fourth-order valence-corrected chi connectivity index (χ4v) is 3.32. The average Bonchev–Trinajstić information content (AvgIpc) is 2.60. The average molecular weight is 182 g/mol. The van der Waals surface area contributed by atoms with Gasteiger partial charge in [0.15, 0.2) is 0 Å². The Morgan fingerprint density at radius 1 is 1.38 bits per heavy atom. The van der Waals surface area contributed by atoms with Crippen LogP contribution in [0, 0.1) is 0 Å². The van der Waals surface area contributed by atoms with Crippen LogP contribution in [0.25, 0.3) is 0 Å². The van der Waals surface area contributed by atoms with Crippen molar-refractivity contribution in [3.8, 4) is 0 Å². The van der Waals surface area contributed by atoms with Crippen molar-refractivity contribution in [2.24, 2.45) is 0 Å². The monoisotopic (exact) mass is 182 g/mol. The number of fused-ring (bicyclic) bond motifs is 2. The van der Waals surface area contributed by atoms with E-state index < -0.39 is 0 Å². The van der Waals surface area contributed by atoms with Crippen LogP contribution in [-0.2, 0) is 0 Å². The maximum absolute atomic E-state index is 3.62. The summed E-state index contributed by atoms with van der Waals surface area (Å²) in [4.78, 5) is 2.73. The van der Waals surface area contributed by atoms with Crippen LogP contribution < -0.4 is 5.32 Å². The number of nitrogens with zero attached hydrogens (tertiary/aromatic N) is 1. The minimum absolute atomic E-state index is 0.737. The van der Waals surface area contributed by atoms with E-state index in [1.54, 1.807) is 0 Å². The summed E-state index contributed by atoms with van der Waals surface area (Å²) in [6.45, 7) is 8.00. The Balaban J connectivity index is 2.02. The highest BCUT2D eigenvalue weighted by atomic mass is 15.3. The van der Waals surface area contributed by atoms with E-state index in [4.69, 9.17) is 0 Å². The smallest absolute Gasteiger partial charge is 0.0256 e. The lowest BCUT2D eigenvalue weighted by Crippen LogP contribution is -2.43. The maximum Gasteiger partial charge on any atom is 0.0256 e. The van der Waals surface area contributed by atoms with Crippen LogP contribution in [0.1, 0.15) is 40.0 Å². The van der Waals surface area contributed by atoms with Gasteiger partial charge in [-0.15, -0.1) is 0 Å². The molecule has 2 bridgehead atoms. The van der Waals surface area contributed by atoms with E-state index in [9.17, 15) is 0 Å². The zero-order valence-electron chi connectivity index (χ0n) is 9.09. The zero-order valence-corrected chi connectivity index (χ0v) is 9.09. The van der Waals surface area contributed by atoms with Crippen LogP contribution >= 0.6 is 0 Å². The van der Waals surface area contributed by atoms with E-state index in [-0.39, 0.29) is 0 Å². The summed E-state index contributed by atoms with van der Waals surface area (Å²) in [6.07, 6.45) is 4.24. The van der Waals surface area contributed by atoms with Gasteiger partial charge in [0.1, 0.15) is 0 Å². The summed E-state index contributed by atoms with van der Waals surface area (Å²) in [5, 5.41) is 3.62. The Labute approximate surface area is 81.7 Å². The lowest BCUT2D eigenvalue weighted by atomic mass is 9.96. The quantitative estimate of drug-likeness (QED) is 0.713. The van der Waals surface area contributed by atoms with Crippen LogP contribution in [0.4, 0.5) is 0 Å².